The molecule has 41 heavy (non-hydrogen) atoms. The van der Waals surface area contributed by atoms with Crippen molar-refractivity contribution in [2.45, 2.75) is 95.1 Å². The topological polar surface area (TPSA) is 71.3 Å². The largest absolute Gasteiger partial charge is 0.355 e. The summed E-state index contributed by atoms with van der Waals surface area (Å²) in [5, 5.41) is 7.76. The van der Waals surface area contributed by atoms with E-state index in [2.05, 4.69) is 31.2 Å². The van der Waals surface area contributed by atoms with E-state index in [0.29, 0.717) is 31.7 Å². The molecule has 6 aliphatic carbocycles. The highest BCUT2D eigenvalue weighted by atomic mass is 19.1. The second-order valence-corrected chi connectivity index (χ2v) is 14.5. The zero-order valence-electron chi connectivity index (χ0n) is 24.1. The maximum atomic E-state index is 14.5. The summed E-state index contributed by atoms with van der Waals surface area (Å²) in [7, 11) is 0. The van der Waals surface area contributed by atoms with Crippen LogP contribution in [0.3, 0.4) is 0 Å². The predicted octanol–water partition coefficient (Wildman–Crippen LogP) is 7.77. The van der Waals surface area contributed by atoms with Crippen molar-refractivity contribution in [3.05, 3.63) is 66.1 Å². The van der Waals surface area contributed by atoms with Crippen LogP contribution in [-0.4, -0.2) is 28.3 Å². The highest BCUT2D eigenvalue weighted by Gasteiger charge is 2.73. The first-order chi connectivity index (χ1) is 19.4. The number of rotatable bonds is 7. The van der Waals surface area contributed by atoms with Gasteiger partial charge in [-0.25, -0.2) is 8.78 Å². The number of nitrogens with one attached hydrogen (secondary N) is 1. The molecule has 2 aromatic carbocycles. The van der Waals surface area contributed by atoms with Crippen molar-refractivity contribution < 1.29 is 18.1 Å². The Kier molecular flexibility index (Phi) is 5.74. The van der Waals surface area contributed by atoms with E-state index < -0.39 is 11.1 Å². The number of carbonyl (C=O) groups excluding carboxylic acids is 1. The van der Waals surface area contributed by atoms with Gasteiger partial charge in [0.05, 0.1) is 5.41 Å². The van der Waals surface area contributed by atoms with Crippen LogP contribution in [0.1, 0.15) is 90.3 Å². The van der Waals surface area contributed by atoms with Gasteiger partial charge in [0, 0.05) is 34.4 Å². The molecule has 6 aliphatic rings. The molecule has 4 bridgehead atoms. The van der Waals surface area contributed by atoms with E-state index in [1.54, 1.807) is 12.1 Å². The molecule has 3 aromatic rings. The number of carbonyl (C=O) groups is 1. The number of amides is 1. The van der Waals surface area contributed by atoms with E-state index >= 15 is 0 Å². The molecule has 0 saturated heterocycles. The van der Waals surface area contributed by atoms with Gasteiger partial charge in [0.15, 0.2) is 5.82 Å². The molecule has 0 aliphatic heterocycles. The summed E-state index contributed by atoms with van der Waals surface area (Å²) in [4.78, 5) is 20.9. The van der Waals surface area contributed by atoms with Crippen molar-refractivity contribution in [3.8, 4) is 0 Å². The maximum Gasteiger partial charge on any atom is 0.233 e. The van der Waals surface area contributed by atoms with Gasteiger partial charge in [-0.15, -0.1) is 0 Å². The first-order valence-corrected chi connectivity index (χ1v) is 14.9. The van der Waals surface area contributed by atoms with Crippen LogP contribution < -0.4 is 10.2 Å². The van der Waals surface area contributed by atoms with Crippen LogP contribution >= 0.6 is 0 Å². The third-order valence-corrected chi connectivity index (χ3v) is 10.4. The zero-order chi connectivity index (χ0) is 28.7. The minimum Gasteiger partial charge on any atom is -0.355 e. The van der Waals surface area contributed by atoms with Gasteiger partial charge < -0.3 is 14.7 Å². The van der Waals surface area contributed by atoms with E-state index in [0.717, 1.165) is 61.4 Å². The van der Waals surface area contributed by atoms with Crippen molar-refractivity contribution in [1.29, 1.82) is 0 Å². The van der Waals surface area contributed by atoms with E-state index in [4.69, 9.17) is 9.51 Å². The molecule has 1 N–H and O–H groups in total. The fraction of sp³-hybridized carbons (Fsp3) is 0.545. The lowest BCUT2D eigenvalue weighted by Crippen LogP contribution is -2.71. The summed E-state index contributed by atoms with van der Waals surface area (Å²) in [6.07, 6.45) is 6.92. The highest BCUT2D eigenvalue weighted by Crippen LogP contribution is 2.70. The monoisotopic (exact) mass is 560 g/mol. The molecule has 6 fully saturated rings. The molecule has 9 rings (SSSR count). The molecule has 1 heterocycles. The molecule has 0 unspecified atom stereocenters. The van der Waals surface area contributed by atoms with Crippen LogP contribution in [0.25, 0.3) is 0 Å². The Morgan fingerprint density at radius 3 is 2.22 bits per heavy atom. The highest BCUT2D eigenvalue weighted by molar-refractivity contribution is 6.00. The second kappa shape index (κ2) is 8.85. The van der Waals surface area contributed by atoms with Crippen LogP contribution in [0.15, 0.2) is 53.1 Å². The Morgan fingerprint density at radius 1 is 0.976 bits per heavy atom. The van der Waals surface area contributed by atoms with Crippen molar-refractivity contribution in [1.82, 2.24) is 10.1 Å². The van der Waals surface area contributed by atoms with Gasteiger partial charge in [-0.05, 0) is 106 Å². The van der Waals surface area contributed by atoms with Gasteiger partial charge in [-0.1, -0.05) is 32.0 Å². The second-order valence-electron chi connectivity index (χ2n) is 14.5. The number of nitrogens with zero attached hydrogens (tertiary/aromatic N) is 3. The van der Waals surface area contributed by atoms with Gasteiger partial charge in [0.2, 0.25) is 11.8 Å². The molecule has 1 aromatic heterocycles. The molecule has 6 nitrogen and oxygen atoms in total. The van der Waals surface area contributed by atoms with Gasteiger partial charge in [-0.2, -0.15) is 4.98 Å². The van der Waals surface area contributed by atoms with E-state index in [-0.39, 0.29) is 28.0 Å². The Balaban J connectivity index is 1.13. The van der Waals surface area contributed by atoms with E-state index in [9.17, 15) is 13.6 Å². The van der Waals surface area contributed by atoms with Crippen molar-refractivity contribution in [2.24, 2.45) is 10.8 Å². The fourth-order valence-corrected chi connectivity index (χ4v) is 7.82. The third-order valence-electron chi connectivity index (χ3n) is 10.4. The molecule has 8 heteroatoms. The molecule has 6 saturated carbocycles. The number of benzene rings is 2. The molecular weight excluding hydrogens is 522 g/mol. The quantitative estimate of drug-likeness (QED) is 0.320. The molecule has 0 atom stereocenters. The minimum atomic E-state index is -1.14. The van der Waals surface area contributed by atoms with Crippen LogP contribution in [0, 0.1) is 16.6 Å². The molecule has 0 radical (unpaired) electrons. The maximum absolute atomic E-state index is 14.5. The number of aromatic nitrogens is 2. The van der Waals surface area contributed by atoms with Crippen LogP contribution in [-0.2, 0) is 15.6 Å². The zero-order valence-corrected chi connectivity index (χ0v) is 24.1. The lowest BCUT2D eigenvalue weighted by Gasteiger charge is -2.65. The van der Waals surface area contributed by atoms with E-state index in [1.807, 2.05) is 29.2 Å². The summed E-state index contributed by atoms with van der Waals surface area (Å²) in [5.74, 6) is 1.29. The van der Waals surface area contributed by atoms with Gasteiger partial charge >= 0.3 is 0 Å². The predicted molar refractivity (Wildman–Crippen MR) is 153 cm³/mol. The Bertz CT molecular complexity index is 1450. The third kappa shape index (κ3) is 4.45. The van der Waals surface area contributed by atoms with Crippen LogP contribution in [0.2, 0.25) is 0 Å². The first-order valence-electron chi connectivity index (χ1n) is 14.9. The fourth-order valence-electron chi connectivity index (χ4n) is 7.82. The van der Waals surface area contributed by atoms with Crippen molar-refractivity contribution in [2.75, 3.05) is 16.8 Å². The number of hydrogen-bond acceptors (Lipinski definition) is 5. The number of anilines is 3. The average Bonchev–Trinajstić information content (AvgIpc) is 3.44. The van der Waals surface area contributed by atoms with E-state index in [1.165, 1.54) is 12.1 Å². The minimum absolute atomic E-state index is 0.00529. The smallest absolute Gasteiger partial charge is 0.233 e. The lowest BCUT2D eigenvalue weighted by atomic mass is 9.41. The summed E-state index contributed by atoms with van der Waals surface area (Å²) in [5.41, 5.74) is 0.472. The summed E-state index contributed by atoms with van der Waals surface area (Å²) in [6.45, 7) is 6.88. The first kappa shape index (κ1) is 26.6. The number of alkyl halides is 1. The SMILES string of the molecule is CC(C)(C)c1nc(C23CCC(CN(C(=O)C45CC(F)(C4)C5)c4cccc(Nc5ccc(F)cc5)c4)(CC2)CC3)no1. The molecule has 1 amide bonds. The van der Waals surface area contributed by atoms with Crippen LogP contribution in [0.4, 0.5) is 25.8 Å². The van der Waals surface area contributed by atoms with Gasteiger partial charge in [0.1, 0.15) is 11.5 Å². The summed E-state index contributed by atoms with van der Waals surface area (Å²) >= 11 is 0. The van der Waals surface area contributed by atoms with Crippen molar-refractivity contribution >= 4 is 23.0 Å². The standard InChI is InChI=1S/C33H38F2N4O2/c1-29(2,3)27-37-26(38-41-27)31-14-11-30(12-15-31,13-16-31)21-39(28(40)32-18-33(35,19-32)20-32)25-6-4-5-24(17-25)36-23-9-7-22(34)8-10-23/h4-10,17,36H,11-16,18-21H2,1-3H3. The average molecular weight is 561 g/mol. The number of hydrogen-bond donors (Lipinski definition) is 1. The Hall–Kier alpha value is -3.29. The summed E-state index contributed by atoms with van der Waals surface area (Å²) in [6, 6.07) is 14.1. The number of halogens is 2. The number of fused-ring (bicyclic) bond motifs is 3. The molecular formula is C33H38F2N4O2. The van der Waals surface area contributed by atoms with Gasteiger partial charge in [0.25, 0.3) is 0 Å². The Labute approximate surface area is 239 Å². The Morgan fingerprint density at radius 2 is 1.63 bits per heavy atom. The van der Waals surface area contributed by atoms with Crippen molar-refractivity contribution in [3.63, 3.8) is 0 Å². The van der Waals surface area contributed by atoms with Gasteiger partial charge in [-0.3, -0.25) is 4.79 Å². The van der Waals surface area contributed by atoms with Crippen LogP contribution in [0.5, 0.6) is 0 Å². The lowest BCUT2D eigenvalue weighted by molar-refractivity contribution is -0.211. The normalized spacial score (nSPS) is 31.7. The summed E-state index contributed by atoms with van der Waals surface area (Å²) < 4.78 is 33.6. The molecule has 216 valence electrons. The molecule has 0 spiro atoms.